The van der Waals surface area contributed by atoms with Gasteiger partial charge in [-0.15, -0.1) is 11.3 Å². The zero-order chi connectivity index (χ0) is 14.8. The predicted octanol–water partition coefficient (Wildman–Crippen LogP) is 3.29. The Hall–Kier alpha value is -2.18. The third-order valence-corrected chi connectivity index (χ3v) is 4.19. The van der Waals surface area contributed by atoms with Crippen LogP contribution in [0.5, 0.6) is 17.4 Å². The van der Waals surface area contributed by atoms with E-state index in [1.54, 1.807) is 36.6 Å². The van der Waals surface area contributed by atoms with Gasteiger partial charge in [-0.05, 0) is 35.6 Å². The molecule has 1 N–H and O–H groups in total. The minimum Gasteiger partial charge on any atom is -0.493 e. The van der Waals surface area contributed by atoms with E-state index in [-0.39, 0.29) is 6.61 Å². The topological polar surface area (TPSA) is 64.5 Å². The molecule has 2 aromatic heterocycles. The lowest BCUT2D eigenvalue weighted by Crippen LogP contribution is -1.94. The van der Waals surface area contributed by atoms with Crippen LogP contribution in [0.25, 0.3) is 10.2 Å². The number of aliphatic hydroxyl groups is 1. The molecule has 0 amide bonds. The summed E-state index contributed by atoms with van der Waals surface area (Å²) in [6.07, 6.45) is 1.49. The van der Waals surface area contributed by atoms with Crippen molar-refractivity contribution in [2.24, 2.45) is 0 Å². The van der Waals surface area contributed by atoms with E-state index in [0.29, 0.717) is 17.4 Å². The summed E-state index contributed by atoms with van der Waals surface area (Å²) in [5.41, 5.74) is 2.76. The lowest BCUT2D eigenvalue weighted by molar-refractivity contribution is 0.280. The first-order chi connectivity index (χ1) is 10.2. The van der Waals surface area contributed by atoms with E-state index in [2.05, 4.69) is 9.97 Å². The number of thiophene rings is 1. The highest BCUT2D eigenvalue weighted by atomic mass is 32.1. The molecule has 21 heavy (non-hydrogen) atoms. The number of aryl methyl sites for hydroxylation is 1. The van der Waals surface area contributed by atoms with Crippen LogP contribution in [0.4, 0.5) is 0 Å². The van der Waals surface area contributed by atoms with Crippen molar-refractivity contribution in [3.05, 3.63) is 41.0 Å². The zero-order valence-electron chi connectivity index (χ0n) is 11.7. The zero-order valence-corrected chi connectivity index (χ0v) is 12.5. The number of fused-ring (bicyclic) bond motifs is 1. The van der Waals surface area contributed by atoms with Gasteiger partial charge < -0.3 is 14.6 Å². The molecule has 0 aliphatic carbocycles. The summed E-state index contributed by atoms with van der Waals surface area (Å²) < 4.78 is 12.1. The normalized spacial score (nSPS) is 10.8. The quantitative estimate of drug-likeness (QED) is 0.801. The van der Waals surface area contributed by atoms with Gasteiger partial charge in [0.2, 0.25) is 5.88 Å². The number of methoxy groups -OCH3 is 1. The van der Waals surface area contributed by atoms with E-state index in [1.807, 2.05) is 12.3 Å². The van der Waals surface area contributed by atoms with Gasteiger partial charge in [-0.1, -0.05) is 6.07 Å². The summed E-state index contributed by atoms with van der Waals surface area (Å²) in [5, 5.41) is 11.2. The fraction of sp³-hybridized carbons (Fsp3) is 0.200. The van der Waals surface area contributed by atoms with Crippen LogP contribution in [-0.2, 0) is 6.61 Å². The van der Waals surface area contributed by atoms with Crippen LogP contribution in [0.2, 0.25) is 0 Å². The minimum absolute atomic E-state index is 0.0431. The highest BCUT2D eigenvalue weighted by Crippen LogP contribution is 2.36. The van der Waals surface area contributed by atoms with Gasteiger partial charge in [-0.2, -0.15) is 0 Å². The Balaban J connectivity index is 2.02. The maximum atomic E-state index is 9.17. The van der Waals surface area contributed by atoms with Crippen molar-refractivity contribution in [2.75, 3.05) is 7.11 Å². The van der Waals surface area contributed by atoms with Crippen LogP contribution in [-0.4, -0.2) is 22.2 Å². The lowest BCUT2D eigenvalue weighted by Gasteiger charge is -2.11. The molecule has 0 unspecified atom stereocenters. The van der Waals surface area contributed by atoms with Crippen LogP contribution in [0.1, 0.15) is 11.1 Å². The van der Waals surface area contributed by atoms with Crippen LogP contribution >= 0.6 is 11.3 Å². The molecule has 0 radical (unpaired) electrons. The van der Waals surface area contributed by atoms with Crippen molar-refractivity contribution in [3.8, 4) is 17.4 Å². The summed E-state index contributed by atoms with van der Waals surface area (Å²) in [7, 11) is 1.56. The fourth-order valence-electron chi connectivity index (χ4n) is 2.02. The van der Waals surface area contributed by atoms with Crippen molar-refractivity contribution >= 4 is 21.6 Å². The maximum absolute atomic E-state index is 9.17. The number of benzene rings is 1. The molecule has 108 valence electrons. The molecule has 0 spiro atoms. The average molecular weight is 302 g/mol. The van der Waals surface area contributed by atoms with Gasteiger partial charge in [0.1, 0.15) is 11.0 Å². The SMILES string of the molecule is COc1cc(CO)ccc1Oc1ncnc2c(C)csc12. The Labute approximate surface area is 125 Å². The maximum Gasteiger partial charge on any atom is 0.240 e. The molecule has 0 aliphatic rings. The number of ether oxygens (including phenoxy) is 2. The molecule has 3 aromatic rings. The van der Waals surface area contributed by atoms with Gasteiger partial charge in [-0.25, -0.2) is 9.97 Å². The predicted molar refractivity (Wildman–Crippen MR) is 81.1 cm³/mol. The number of hydrogen-bond acceptors (Lipinski definition) is 6. The standard InChI is InChI=1S/C15H14N2O3S/c1-9-7-21-14-13(9)16-8-17-15(14)20-11-4-3-10(6-18)5-12(11)19-2/h3-5,7-8,18H,6H2,1-2H3. The van der Waals surface area contributed by atoms with Gasteiger partial charge in [0, 0.05) is 0 Å². The Morgan fingerprint density at radius 1 is 1.24 bits per heavy atom. The van der Waals surface area contributed by atoms with Gasteiger partial charge in [0.25, 0.3) is 0 Å². The highest BCUT2D eigenvalue weighted by molar-refractivity contribution is 7.17. The number of rotatable bonds is 4. The molecule has 0 bridgehead atoms. The van der Waals surface area contributed by atoms with Crippen LogP contribution < -0.4 is 9.47 Å². The summed E-state index contributed by atoms with van der Waals surface area (Å²) >= 11 is 1.55. The second-order valence-corrected chi connectivity index (χ2v) is 5.40. The molecule has 3 rings (SSSR count). The molecule has 0 saturated heterocycles. The molecule has 1 aromatic carbocycles. The van der Waals surface area contributed by atoms with E-state index in [4.69, 9.17) is 14.6 Å². The Morgan fingerprint density at radius 2 is 2.10 bits per heavy atom. The second kappa shape index (κ2) is 5.67. The van der Waals surface area contributed by atoms with Crippen LogP contribution in [0, 0.1) is 6.92 Å². The Morgan fingerprint density at radius 3 is 2.86 bits per heavy atom. The Bertz CT molecular complexity index is 786. The molecule has 6 heteroatoms. The van der Waals surface area contributed by atoms with Gasteiger partial charge in [0.15, 0.2) is 11.5 Å². The highest BCUT2D eigenvalue weighted by Gasteiger charge is 2.13. The number of hydrogen-bond donors (Lipinski definition) is 1. The molecule has 2 heterocycles. The molecular formula is C15H14N2O3S. The lowest BCUT2D eigenvalue weighted by atomic mass is 10.2. The van der Waals surface area contributed by atoms with Gasteiger partial charge >= 0.3 is 0 Å². The smallest absolute Gasteiger partial charge is 0.240 e. The van der Waals surface area contributed by atoms with Crippen molar-refractivity contribution in [2.45, 2.75) is 13.5 Å². The van der Waals surface area contributed by atoms with Crippen LogP contribution in [0.3, 0.4) is 0 Å². The molecule has 0 saturated carbocycles. The number of nitrogens with zero attached hydrogens (tertiary/aromatic N) is 2. The van der Waals surface area contributed by atoms with Gasteiger partial charge in [-0.3, -0.25) is 0 Å². The van der Waals surface area contributed by atoms with E-state index >= 15 is 0 Å². The average Bonchev–Trinajstić information content (AvgIpc) is 2.90. The first kappa shape index (κ1) is 13.8. The number of aliphatic hydroxyl groups excluding tert-OH is 1. The first-order valence-corrected chi connectivity index (χ1v) is 7.25. The van der Waals surface area contributed by atoms with Gasteiger partial charge in [0.05, 0.1) is 19.2 Å². The second-order valence-electron chi connectivity index (χ2n) is 4.52. The van der Waals surface area contributed by atoms with E-state index in [0.717, 1.165) is 21.3 Å². The molecule has 0 aliphatic heterocycles. The fourth-order valence-corrected chi connectivity index (χ4v) is 2.95. The largest absolute Gasteiger partial charge is 0.493 e. The summed E-state index contributed by atoms with van der Waals surface area (Å²) in [6, 6.07) is 5.29. The third-order valence-electron chi connectivity index (χ3n) is 3.12. The van der Waals surface area contributed by atoms with Crippen molar-refractivity contribution in [3.63, 3.8) is 0 Å². The van der Waals surface area contributed by atoms with E-state index in [9.17, 15) is 0 Å². The third kappa shape index (κ3) is 2.55. The van der Waals surface area contributed by atoms with E-state index in [1.165, 1.54) is 6.33 Å². The summed E-state index contributed by atoms with van der Waals surface area (Å²) in [5.74, 6) is 1.62. The molecular weight excluding hydrogens is 288 g/mol. The van der Waals surface area contributed by atoms with Crippen molar-refractivity contribution < 1.29 is 14.6 Å². The number of aromatic nitrogens is 2. The first-order valence-electron chi connectivity index (χ1n) is 6.37. The summed E-state index contributed by atoms with van der Waals surface area (Å²) in [4.78, 5) is 8.47. The Kier molecular flexibility index (Phi) is 3.72. The molecule has 0 fully saturated rings. The molecule has 5 nitrogen and oxygen atoms in total. The minimum atomic E-state index is -0.0431. The molecule has 0 atom stereocenters. The summed E-state index contributed by atoms with van der Waals surface area (Å²) in [6.45, 7) is 1.96. The monoisotopic (exact) mass is 302 g/mol. The van der Waals surface area contributed by atoms with E-state index < -0.39 is 0 Å². The van der Waals surface area contributed by atoms with Crippen molar-refractivity contribution in [1.82, 2.24) is 9.97 Å². The van der Waals surface area contributed by atoms with Crippen LogP contribution in [0.15, 0.2) is 29.9 Å². The van der Waals surface area contributed by atoms with Crippen molar-refractivity contribution in [1.29, 1.82) is 0 Å².